The van der Waals surface area contributed by atoms with Crippen LogP contribution in [0.15, 0.2) is 23.1 Å². The van der Waals surface area contributed by atoms with Crippen LogP contribution in [0.1, 0.15) is 31.2 Å². The summed E-state index contributed by atoms with van der Waals surface area (Å²) in [6.07, 6.45) is 3.80. The van der Waals surface area contributed by atoms with Gasteiger partial charge >= 0.3 is 0 Å². The monoisotopic (exact) mass is 317 g/mol. The van der Waals surface area contributed by atoms with Crippen molar-refractivity contribution in [3.8, 4) is 0 Å². The highest BCUT2D eigenvalue weighted by atomic mass is 35.5. The second-order valence-electron chi connectivity index (χ2n) is 5.55. The molecule has 20 heavy (non-hydrogen) atoms. The Kier molecular flexibility index (Phi) is 4.74. The molecule has 1 aromatic carbocycles. The molecule has 2 rings (SSSR count). The SMILES string of the molecule is Cc1c(Cl)cccc1S(=O)(=O)NCC1(CO)CCCC1. The average Bonchev–Trinajstić information content (AvgIpc) is 2.89. The third-order valence-electron chi connectivity index (χ3n) is 4.14. The minimum absolute atomic E-state index is 0.0179. The highest BCUT2D eigenvalue weighted by Crippen LogP contribution is 2.37. The van der Waals surface area contributed by atoms with Crippen molar-refractivity contribution < 1.29 is 13.5 Å². The first-order valence-electron chi connectivity index (χ1n) is 6.76. The summed E-state index contributed by atoms with van der Waals surface area (Å²) < 4.78 is 27.4. The Morgan fingerprint density at radius 1 is 1.35 bits per heavy atom. The average molecular weight is 318 g/mol. The van der Waals surface area contributed by atoms with Gasteiger partial charge in [-0.3, -0.25) is 0 Å². The fourth-order valence-electron chi connectivity index (χ4n) is 2.72. The number of aliphatic hydroxyl groups is 1. The molecule has 0 bridgehead atoms. The molecule has 1 saturated carbocycles. The summed E-state index contributed by atoms with van der Waals surface area (Å²) >= 11 is 5.97. The lowest BCUT2D eigenvalue weighted by Gasteiger charge is -2.26. The largest absolute Gasteiger partial charge is 0.396 e. The second kappa shape index (κ2) is 6.02. The first kappa shape index (κ1) is 15.8. The maximum Gasteiger partial charge on any atom is 0.240 e. The van der Waals surface area contributed by atoms with E-state index in [0.717, 1.165) is 25.7 Å². The standard InChI is InChI=1S/C14H20ClNO3S/c1-11-12(15)5-4-6-13(11)20(18,19)16-9-14(10-17)7-2-3-8-14/h4-6,16-17H,2-3,7-10H2,1H3. The van der Waals surface area contributed by atoms with Crippen molar-refractivity contribution >= 4 is 21.6 Å². The van der Waals surface area contributed by atoms with Gasteiger partial charge in [-0.25, -0.2) is 13.1 Å². The van der Waals surface area contributed by atoms with Crippen LogP contribution in [-0.2, 0) is 10.0 Å². The van der Waals surface area contributed by atoms with Gasteiger partial charge < -0.3 is 5.11 Å². The summed E-state index contributed by atoms with van der Waals surface area (Å²) in [5.74, 6) is 0. The molecular formula is C14H20ClNO3S. The van der Waals surface area contributed by atoms with E-state index in [4.69, 9.17) is 11.6 Å². The summed E-state index contributed by atoms with van der Waals surface area (Å²) in [6, 6.07) is 4.84. The number of sulfonamides is 1. The molecule has 0 aromatic heterocycles. The van der Waals surface area contributed by atoms with E-state index in [-0.39, 0.29) is 23.5 Å². The van der Waals surface area contributed by atoms with E-state index < -0.39 is 10.0 Å². The topological polar surface area (TPSA) is 66.4 Å². The Morgan fingerprint density at radius 2 is 2.00 bits per heavy atom. The van der Waals surface area contributed by atoms with Gasteiger partial charge in [0.1, 0.15) is 0 Å². The molecule has 1 aromatic rings. The molecule has 0 aliphatic heterocycles. The molecule has 0 amide bonds. The van der Waals surface area contributed by atoms with Crippen LogP contribution < -0.4 is 4.72 Å². The molecule has 0 unspecified atom stereocenters. The molecule has 0 radical (unpaired) electrons. The normalized spacial score (nSPS) is 18.4. The van der Waals surface area contributed by atoms with Crippen LogP contribution in [-0.4, -0.2) is 26.7 Å². The van der Waals surface area contributed by atoms with E-state index >= 15 is 0 Å². The smallest absolute Gasteiger partial charge is 0.240 e. The van der Waals surface area contributed by atoms with Crippen LogP contribution in [0.25, 0.3) is 0 Å². The number of halogens is 1. The summed E-state index contributed by atoms with van der Waals surface area (Å²) in [5, 5.41) is 9.96. The van der Waals surface area contributed by atoms with Crippen LogP contribution in [0.3, 0.4) is 0 Å². The van der Waals surface area contributed by atoms with Gasteiger partial charge in [-0.15, -0.1) is 0 Å². The quantitative estimate of drug-likeness (QED) is 0.876. The van der Waals surface area contributed by atoms with Gasteiger partial charge in [-0.2, -0.15) is 0 Å². The number of hydrogen-bond acceptors (Lipinski definition) is 3. The van der Waals surface area contributed by atoms with Gasteiger partial charge in [0.05, 0.1) is 4.90 Å². The fourth-order valence-corrected chi connectivity index (χ4v) is 4.37. The molecule has 112 valence electrons. The molecule has 6 heteroatoms. The van der Waals surface area contributed by atoms with Gasteiger partial charge in [0.15, 0.2) is 0 Å². The van der Waals surface area contributed by atoms with Crippen LogP contribution in [0.5, 0.6) is 0 Å². The number of nitrogens with one attached hydrogen (secondary N) is 1. The highest BCUT2D eigenvalue weighted by Gasteiger charge is 2.34. The van der Waals surface area contributed by atoms with E-state index in [1.54, 1.807) is 25.1 Å². The van der Waals surface area contributed by atoms with E-state index in [0.29, 0.717) is 10.6 Å². The van der Waals surface area contributed by atoms with Crippen LogP contribution >= 0.6 is 11.6 Å². The molecule has 0 saturated heterocycles. The maximum absolute atomic E-state index is 12.4. The van der Waals surface area contributed by atoms with E-state index in [1.807, 2.05) is 0 Å². The van der Waals surface area contributed by atoms with Crippen molar-refractivity contribution in [2.45, 2.75) is 37.5 Å². The number of rotatable bonds is 5. The Bertz CT molecular complexity index is 580. The van der Waals surface area contributed by atoms with Gasteiger partial charge in [0.25, 0.3) is 0 Å². The molecule has 2 N–H and O–H groups in total. The summed E-state index contributed by atoms with van der Waals surface area (Å²) in [6.45, 7) is 1.98. The Labute approximate surface area is 125 Å². The Balaban J connectivity index is 2.17. The maximum atomic E-state index is 12.4. The van der Waals surface area contributed by atoms with Gasteiger partial charge in [-0.1, -0.05) is 30.5 Å². The van der Waals surface area contributed by atoms with Gasteiger partial charge in [-0.05, 0) is 37.5 Å². The van der Waals surface area contributed by atoms with Gasteiger partial charge in [0.2, 0.25) is 10.0 Å². The molecule has 1 fully saturated rings. The van der Waals surface area contributed by atoms with Crippen molar-refractivity contribution in [1.29, 1.82) is 0 Å². The summed E-state index contributed by atoms with van der Waals surface area (Å²) in [5.41, 5.74) is 0.241. The second-order valence-corrected chi connectivity index (χ2v) is 7.70. The number of aliphatic hydroxyl groups excluding tert-OH is 1. The van der Waals surface area contributed by atoms with Crippen molar-refractivity contribution in [3.05, 3.63) is 28.8 Å². The highest BCUT2D eigenvalue weighted by molar-refractivity contribution is 7.89. The first-order valence-corrected chi connectivity index (χ1v) is 8.62. The molecule has 1 aliphatic carbocycles. The van der Waals surface area contributed by atoms with E-state index in [2.05, 4.69) is 4.72 Å². The predicted molar refractivity (Wildman–Crippen MR) is 79.4 cm³/mol. The predicted octanol–water partition coefficient (Wildman–Crippen LogP) is 2.48. The third kappa shape index (κ3) is 3.17. The van der Waals surface area contributed by atoms with Crippen molar-refractivity contribution in [2.75, 3.05) is 13.2 Å². The Morgan fingerprint density at radius 3 is 2.60 bits per heavy atom. The molecule has 1 aliphatic rings. The van der Waals surface area contributed by atoms with E-state index in [9.17, 15) is 13.5 Å². The van der Waals surface area contributed by atoms with Crippen molar-refractivity contribution in [2.24, 2.45) is 5.41 Å². The summed E-state index contributed by atoms with van der Waals surface area (Å²) in [7, 11) is -3.59. The van der Waals surface area contributed by atoms with Gasteiger partial charge in [0, 0.05) is 23.6 Å². The lowest BCUT2D eigenvalue weighted by atomic mass is 9.88. The van der Waals surface area contributed by atoms with Crippen molar-refractivity contribution in [3.63, 3.8) is 0 Å². The van der Waals surface area contributed by atoms with Crippen LogP contribution in [0.2, 0.25) is 5.02 Å². The van der Waals surface area contributed by atoms with Crippen LogP contribution in [0, 0.1) is 12.3 Å². The molecule has 0 heterocycles. The molecule has 0 spiro atoms. The molecular weight excluding hydrogens is 298 g/mol. The lowest BCUT2D eigenvalue weighted by Crippen LogP contribution is -2.38. The first-order chi connectivity index (χ1) is 9.40. The van der Waals surface area contributed by atoms with E-state index in [1.165, 1.54) is 0 Å². The lowest BCUT2D eigenvalue weighted by molar-refractivity contribution is 0.134. The zero-order chi connectivity index (χ0) is 14.8. The molecule has 0 atom stereocenters. The number of benzene rings is 1. The summed E-state index contributed by atoms with van der Waals surface area (Å²) in [4.78, 5) is 0.205. The minimum Gasteiger partial charge on any atom is -0.396 e. The fraction of sp³-hybridized carbons (Fsp3) is 0.571. The molecule has 4 nitrogen and oxygen atoms in total. The zero-order valence-corrected chi connectivity index (χ0v) is 13.1. The zero-order valence-electron chi connectivity index (χ0n) is 11.5. The van der Waals surface area contributed by atoms with Crippen LogP contribution in [0.4, 0.5) is 0 Å². The number of hydrogen-bond donors (Lipinski definition) is 2. The third-order valence-corrected chi connectivity index (χ3v) is 6.10. The Hall–Kier alpha value is -0.620. The van der Waals surface area contributed by atoms with Crippen molar-refractivity contribution in [1.82, 2.24) is 4.72 Å². The minimum atomic E-state index is -3.59.